The van der Waals surface area contributed by atoms with Gasteiger partial charge in [-0.05, 0) is 62.0 Å². The van der Waals surface area contributed by atoms with Gasteiger partial charge in [0.15, 0.2) is 0 Å². The third-order valence-electron chi connectivity index (χ3n) is 7.32. The van der Waals surface area contributed by atoms with E-state index in [9.17, 15) is 0 Å². The van der Waals surface area contributed by atoms with E-state index in [0.717, 1.165) is 0 Å². The molecule has 2 aromatic rings. The Labute approximate surface area is 173 Å². The number of rotatable bonds is 5. The van der Waals surface area contributed by atoms with E-state index in [1.54, 1.807) is 26.7 Å². The first-order valence-electron chi connectivity index (χ1n) is 10.8. The molecule has 0 nitrogen and oxygen atoms in total. The highest BCUT2D eigenvalue weighted by molar-refractivity contribution is 7.08. The molecule has 28 heavy (non-hydrogen) atoms. The highest BCUT2D eigenvalue weighted by Gasteiger charge is 2.49. The highest BCUT2D eigenvalue weighted by atomic mass is 28.3. The molecule has 1 aliphatic rings. The number of benzene rings is 2. The van der Waals surface area contributed by atoms with Gasteiger partial charge in [-0.25, -0.2) is 0 Å². The summed E-state index contributed by atoms with van der Waals surface area (Å²) in [7, 11) is -2.15. The topological polar surface area (TPSA) is 0 Å². The van der Waals surface area contributed by atoms with Crippen LogP contribution in [0.5, 0.6) is 0 Å². The largest absolute Gasteiger partial charge is 0.147 e. The molecule has 0 fully saturated rings. The zero-order valence-corrected chi connectivity index (χ0v) is 20.0. The lowest BCUT2D eigenvalue weighted by atomic mass is 10.1. The van der Waals surface area contributed by atoms with Crippen molar-refractivity contribution in [1.82, 2.24) is 0 Å². The Bertz CT molecular complexity index is 912. The molecule has 3 atom stereocenters. The first-order chi connectivity index (χ1) is 13.2. The van der Waals surface area contributed by atoms with Gasteiger partial charge >= 0.3 is 0 Å². The van der Waals surface area contributed by atoms with E-state index in [0.29, 0.717) is 11.5 Å². The van der Waals surface area contributed by atoms with Crippen LogP contribution in [0.25, 0.3) is 0 Å². The van der Waals surface area contributed by atoms with Gasteiger partial charge in [0.05, 0.1) is 0 Å². The number of allylic oxidation sites excluding steroid dienone is 4. The average Bonchev–Trinajstić information content (AvgIpc) is 2.86. The first kappa shape index (κ1) is 20.9. The monoisotopic (exact) mass is 388 g/mol. The molecule has 1 heteroatoms. The lowest BCUT2D eigenvalue weighted by Crippen LogP contribution is -2.64. The summed E-state index contributed by atoms with van der Waals surface area (Å²) in [5.74, 6) is 0.529. The normalized spacial score (nSPS) is 20.5. The van der Waals surface area contributed by atoms with Crippen LogP contribution in [0.2, 0.25) is 5.54 Å². The maximum atomic E-state index is 2.51. The van der Waals surface area contributed by atoms with E-state index in [1.807, 2.05) is 0 Å². The van der Waals surface area contributed by atoms with Gasteiger partial charge in [-0.2, -0.15) is 0 Å². The molecule has 0 saturated heterocycles. The molecule has 0 aliphatic heterocycles. The van der Waals surface area contributed by atoms with Gasteiger partial charge in [0.2, 0.25) is 0 Å². The zero-order valence-electron chi connectivity index (χ0n) is 19.0. The van der Waals surface area contributed by atoms with Gasteiger partial charge < -0.3 is 0 Å². The van der Waals surface area contributed by atoms with Crippen molar-refractivity contribution in [1.29, 1.82) is 0 Å². The van der Waals surface area contributed by atoms with Gasteiger partial charge in [-0.3, -0.25) is 0 Å². The summed E-state index contributed by atoms with van der Waals surface area (Å²) >= 11 is 0. The minimum Gasteiger partial charge on any atom is -0.0654 e. The molecule has 0 saturated carbocycles. The van der Waals surface area contributed by atoms with Crippen LogP contribution in [0, 0.1) is 19.8 Å². The lowest BCUT2D eigenvalue weighted by molar-refractivity contribution is 0.810. The van der Waals surface area contributed by atoms with Crippen molar-refractivity contribution in [2.24, 2.45) is 5.92 Å². The van der Waals surface area contributed by atoms with Crippen molar-refractivity contribution >= 4 is 18.4 Å². The molecule has 0 radical (unpaired) electrons. The van der Waals surface area contributed by atoms with Crippen LogP contribution >= 0.6 is 0 Å². The lowest BCUT2D eigenvalue weighted by Gasteiger charge is -2.42. The molecular formula is C27H36Si. The summed E-state index contributed by atoms with van der Waals surface area (Å²) in [5.41, 5.74) is 8.05. The molecule has 3 rings (SSSR count). The van der Waals surface area contributed by atoms with E-state index in [4.69, 9.17) is 0 Å². The zero-order chi connectivity index (χ0) is 20.6. The van der Waals surface area contributed by atoms with Crippen molar-refractivity contribution in [3.05, 3.63) is 81.6 Å². The second-order valence-electron chi connectivity index (χ2n) is 8.93. The highest BCUT2D eigenvalue weighted by Crippen LogP contribution is 2.45. The van der Waals surface area contributed by atoms with Crippen LogP contribution in [0.4, 0.5) is 0 Å². The van der Waals surface area contributed by atoms with Crippen molar-refractivity contribution in [2.45, 2.75) is 67.4 Å². The Morgan fingerprint density at radius 3 is 1.86 bits per heavy atom. The molecule has 148 valence electrons. The molecule has 0 amide bonds. The maximum absolute atomic E-state index is 2.51. The predicted molar refractivity (Wildman–Crippen MR) is 127 cm³/mol. The molecule has 2 aromatic carbocycles. The van der Waals surface area contributed by atoms with Crippen molar-refractivity contribution in [3.63, 3.8) is 0 Å². The van der Waals surface area contributed by atoms with Gasteiger partial charge in [-0.1, -0.05) is 103 Å². The maximum Gasteiger partial charge on any atom is 0.147 e. The summed E-state index contributed by atoms with van der Waals surface area (Å²) in [4.78, 5) is 0. The predicted octanol–water partition coefficient (Wildman–Crippen LogP) is 6.51. The Kier molecular flexibility index (Phi) is 5.86. The van der Waals surface area contributed by atoms with Gasteiger partial charge in [0, 0.05) is 0 Å². The minimum absolute atomic E-state index is 0.529. The van der Waals surface area contributed by atoms with E-state index in [2.05, 4.69) is 104 Å². The van der Waals surface area contributed by atoms with E-state index in [-0.39, 0.29) is 0 Å². The third kappa shape index (κ3) is 3.14. The Morgan fingerprint density at radius 2 is 1.39 bits per heavy atom. The van der Waals surface area contributed by atoms with Gasteiger partial charge in [0.25, 0.3) is 0 Å². The van der Waals surface area contributed by atoms with Crippen molar-refractivity contribution in [2.75, 3.05) is 0 Å². The van der Waals surface area contributed by atoms with Crippen LogP contribution in [0.3, 0.4) is 0 Å². The second kappa shape index (κ2) is 7.87. The van der Waals surface area contributed by atoms with Crippen molar-refractivity contribution in [3.8, 4) is 0 Å². The fourth-order valence-electron chi connectivity index (χ4n) is 5.52. The first-order valence-corrected chi connectivity index (χ1v) is 12.9. The molecular weight excluding hydrogens is 352 g/mol. The van der Waals surface area contributed by atoms with Gasteiger partial charge in [0.1, 0.15) is 8.07 Å². The number of aryl methyl sites for hydroxylation is 2. The smallest absolute Gasteiger partial charge is 0.0654 e. The molecule has 0 bridgehead atoms. The number of hydrogen-bond donors (Lipinski definition) is 0. The molecule has 1 aliphatic carbocycles. The van der Waals surface area contributed by atoms with E-state index >= 15 is 0 Å². The Hall–Kier alpha value is -1.86. The van der Waals surface area contributed by atoms with Crippen LogP contribution in [-0.4, -0.2) is 8.07 Å². The molecule has 0 aromatic heterocycles. The summed E-state index contributed by atoms with van der Waals surface area (Å²) in [6.45, 7) is 18.9. The quantitative estimate of drug-likeness (QED) is 0.512. The third-order valence-corrected chi connectivity index (χ3v) is 13.3. The Balaban J connectivity index is 2.46. The SMILES string of the molecule is CCC(C)[Si](C1=C(C)C(C)=C(C)C1C)(c1ccccc1)c1cc(C)cc(C)c1. The number of hydrogen-bond acceptors (Lipinski definition) is 0. The fourth-order valence-corrected chi connectivity index (χ4v) is 12.1. The van der Waals surface area contributed by atoms with Crippen molar-refractivity contribution < 1.29 is 0 Å². The molecule has 0 N–H and O–H groups in total. The summed E-state index contributed by atoms with van der Waals surface area (Å²) < 4.78 is 0. The fraction of sp³-hybridized carbons (Fsp3) is 0.407. The summed E-state index contributed by atoms with van der Waals surface area (Å²) in [5, 5.41) is 4.90. The Morgan fingerprint density at radius 1 is 0.821 bits per heavy atom. The van der Waals surface area contributed by atoms with Crippen LogP contribution in [0.1, 0.15) is 59.1 Å². The van der Waals surface area contributed by atoms with E-state index < -0.39 is 8.07 Å². The van der Waals surface area contributed by atoms with Crippen LogP contribution in [-0.2, 0) is 0 Å². The minimum atomic E-state index is -2.15. The summed E-state index contributed by atoms with van der Waals surface area (Å²) in [6, 6.07) is 18.8. The average molecular weight is 389 g/mol. The summed E-state index contributed by atoms with van der Waals surface area (Å²) in [6.07, 6.45) is 1.20. The standard InChI is InChI=1S/C27H36Si/c1-9-20(4)28(25-13-11-10-12-14-25,26-16-18(2)15-19(3)17-26)27-23(7)21(5)22(6)24(27)8/h10-17,20,23H,9H2,1-8H3. The van der Waals surface area contributed by atoms with Crippen LogP contribution in [0.15, 0.2) is 70.4 Å². The van der Waals surface area contributed by atoms with E-state index in [1.165, 1.54) is 23.1 Å². The molecule has 0 heterocycles. The van der Waals surface area contributed by atoms with Crippen LogP contribution < -0.4 is 10.4 Å². The molecule has 0 spiro atoms. The van der Waals surface area contributed by atoms with Gasteiger partial charge in [-0.15, -0.1) is 0 Å². The molecule has 3 unspecified atom stereocenters. The second-order valence-corrected chi connectivity index (χ2v) is 13.2.